The van der Waals surface area contributed by atoms with Gasteiger partial charge in [-0.25, -0.2) is 15.0 Å². The third kappa shape index (κ3) is 7.46. The highest BCUT2D eigenvalue weighted by Crippen LogP contribution is 2.45. The van der Waals surface area contributed by atoms with E-state index in [4.69, 9.17) is 15.0 Å². The average Bonchev–Trinajstić information content (AvgIpc) is 4.00. The average molecular weight is 944 g/mol. The molecule has 0 N–H and O–H groups in total. The van der Waals surface area contributed by atoms with Crippen LogP contribution in [0.15, 0.2) is 273 Å². The van der Waals surface area contributed by atoms with E-state index in [1.807, 2.05) is 36.4 Å². The molecule has 0 spiro atoms. The molecular weight excluding hydrogens is 899 g/mol. The molecule has 0 fully saturated rings. The minimum Gasteiger partial charge on any atom is -0.309 e. The molecule has 74 heavy (non-hydrogen) atoms. The number of para-hydroxylation sites is 2. The van der Waals surface area contributed by atoms with Crippen LogP contribution in [0.4, 0.5) is 0 Å². The Bertz CT molecular complexity index is 4220. The smallest absolute Gasteiger partial charge is 0.164 e. The number of hydrogen-bond acceptors (Lipinski definition) is 3. The predicted molar refractivity (Wildman–Crippen MR) is 307 cm³/mol. The second kappa shape index (κ2) is 18.0. The van der Waals surface area contributed by atoms with Crippen molar-refractivity contribution in [3.63, 3.8) is 0 Å². The number of rotatable bonds is 9. The van der Waals surface area contributed by atoms with Gasteiger partial charge in [0.25, 0.3) is 0 Å². The minimum absolute atomic E-state index is 0.596. The van der Waals surface area contributed by atoms with Gasteiger partial charge in [0, 0.05) is 55.0 Å². The summed E-state index contributed by atoms with van der Waals surface area (Å²) in [6.45, 7) is 0. The molecule has 0 radical (unpaired) electrons. The standard InChI is InChI=1S/C69H45N5/c1-6-21-46(22-7-1)51-31-20-32-52(41-51)53-37-39-64-60(42-53)61-45-55(73-62-35-18-16-33-56(62)57-34-17-19-36-63(57)73)38-40-65(61)74(64)66-58(47-23-8-2-9-24-47)43-54(44-59(66)48-25-10-3-11-26-48)69-71-67(49-27-12-4-13-28-49)70-68(72-69)50-29-14-5-15-30-50/h1-45H. The molecule has 0 amide bonds. The first kappa shape index (κ1) is 42.9. The Morgan fingerprint density at radius 1 is 0.216 bits per heavy atom. The van der Waals surface area contributed by atoms with Crippen molar-refractivity contribution in [2.24, 2.45) is 0 Å². The Morgan fingerprint density at radius 2 is 0.595 bits per heavy atom. The Labute approximate surface area is 428 Å². The third-order valence-corrected chi connectivity index (χ3v) is 14.4. The Morgan fingerprint density at radius 3 is 1.12 bits per heavy atom. The number of aromatic nitrogens is 5. The SMILES string of the molecule is c1ccc(-c2cccc(-c3ccc4c(c3)c3cc(-n5c6ccccc6c6ccccc65)ccc3n4-c3c(-c4ccccc4)cc(-c4nc(-c5ccccc5)nc(-c5ccccc5)n4)cc3-c3ccccc3)c2)cc1. The normalized spacial score (nSPS) is 11.5. The van der Waals surface area contributed by atoms with E-state index < -0.39 is 0 Å². The second-order valence-electron chi connectivity index (χ2n) is 18.8. The molecule has 5 heteroatoms. The van der Waals surface area contributed by atoms with Crippen LogP contribution in [-0.4, -0.2) is 24.1 Å². The fourth-order valence-electron chi connectivity index (χ4n) is 10.9. The summed E-state index contributed by atoms with van der Waals surface area (Å²) in [5.41, 5.74) is 18.4. The summed E-state index contributed by atoms with van der Waals surface area (Å²) < 4.78 is 4.92. The van der Waals surface area contributed by atoms with Crippen LogP contribution in [0.5, 0.6) is 0 Å². The molecule has 14 rings (SSSR count). The van der Waals surface area contributed by atoms with Gasteiger partial charge in [0.15, 0.2) is 17.5 Å². The first-order valence-corrected chi connectivity index (χ1v) is 25.1. The third-order valence-electron chi connectivity index (χ3n) is 14.4. The quantitative estimate of drug-likeness (QED) is 0.145. The van der Waals surface area contributed by atoms with Crippen molar-refractivity contribution in [2.75, 3.05) is 0 Å². The van der Waals surface area contributed by atoms with Crippen LogP contribution in [0, 0.1) is 0 Å². The fourth-order valence-corrected chi connectivity index (χ4v) is 10.9. The van der Waals surface area contributed by atoms with Crippen molar-refractivity contribution in [3.05, 3.63) is 273 Å². The van der Waals surface area contributed by atoms with E-state index in [1.165, 1.54) is 32.9 Å². The first-order chi connectivity index (χ1) is 36.7. The van der Waals surface area contributed by atoms with Crippen molar-refractivity contribution in [2.45, 2.75) is 0 Å². The van der Waals surface area contributed by atoms with E-state index in [2.05, 4.69) is 246 Å². The molecule has 0 aliphatic rings. The van der Waals surface area contributed by atoms with E-state index in [0.29, 0.717) is 17.5 Å². The van der Waals surface area contributed by atoms with Gasteiger partial charge < -0.3 is 9.13 Å². The molecule has 0 saturated carbocycles. The van der Waals surface area contributed by atoms with Gasteiger partial charge in [-0.05, 0) is 94.0 Å². The predicted octanol–water partition coefficient (Wildman–Crippen LogP) is 17.7. The summed E-state index contributed by atoms with van der Waals surface area (Å²) in [5, 5.41) is 4.78. The zero-order valence-corrected chi connectivity index (χ0v) is 40.2. The van der Waals surface area contributed by atoms with Crippen LogP contribution in [0.25, 0.3) is 134 Å². The Hall–Kier alpha value is -9.97. The van der Waals surface area contributed by atoms with Crippen LogP contribution in [0.2, 0.25) is 0 Å². The maximum atomic E-state index is 5.27. The molecule has 11 aromatic carbocycles. The van der Waals surface area contributed by atoms with Crippen molar-refractivity contribution in [1.29, 1.82) is 0 Å². The summed E-state index contributed by atoms with van der Waals surface area (Å²) in [6.07, 6.45) is 0. The Balaban J connectivity index is 1.07. The summed E-state index contributed by atoms with van der Waals surface area (Å²) in [6, 6.07) is 97.5. The molecule has 3 aromatic heterocycles. The van der Waals surface area contributed by atoms with E-state index in [1.54, 1.807) is 0 Å². The Kier molecular flexibility index (Phi) is 10.4. The van der Waals surface area contributed by atoms with Gasteiger partial charge in [0.1, 0.15) is 0 Å². The summed E-state index contributed by atoms with van der Waals surface area (Å²) >= 11 is 0. The topological polar surface area (TPSA) is 48.5 Å². The van der Waals surface area contributed by atoms with Gasteiger partial charge in [-0.1, -0.05) is 212 Å². The maximum Gasteiger partial charge on any atom is 0.164 e. The fraction of sp³-hybridized carbons (Fsp3) is 0. The molecule has 346 valence electrons. The second-order valence-corrected chi connectivity index (χ2v) is 18.8. The number of nitrogens with zero attached hydrogens (tertiary/aromatic N) is 5. The van der Waals surface area contributed by atoms with Crippen LogP contribution < -0.4 is 0 Å². The highest BCUT2D eigenvalue weighted by molar-refractivity contribution is 6.14. The lowest BCUT2D eigenvalue weighted by Crippen LogP contribution is -2.04. The van der Waals surface area contributed by atoms with Crippen molar-refractivity contribution < 1.29 is 0 Å². The van der Waals surface area contributed by atoms with E-state index in [-0.39, 0.29) is 0 Å². The van der Waals surface area contributed by atoms with E-state index in [9.17, 15) is 0 Å². The summed E-state index contributed by atoms with van der Waals surface area (Å²) in [4.78, 5) is 15.6. The van der Waals surface area contributed by atoms with Crippen LogP contribution in [0.1, 0.15) is 0 Å². The van der Waals surface area contributed by atoms with E-state index >= 15 is 0 Å². The van der Waals surface area contributed by atoms with E-state index in [0.717, 1.165) is 83.3 Å². The summed E-state index contributed by atoms with van der Waals surface area (Å²) in [5.74, 6) is 1.83. The highest BCUT2D eigenvalue weighted by atomic mass is 15.0. The maximum absolute atomic E-state index is 5.27. The molecule has 3 heterocycles. The highest BCUT2D eigenvalue weighted by Gasteiger charge is 2.24. The monoisotopic (exact) mass is 943 g/mol. The molecule has 5 nitrogen and oxygen atoms in total. The molecule has 0 aliphatic carbocycles. The largest absolute Gasteiger partial charge is 0.309 e. The van der Waals surface area contributed by atoms with Crippen LogP contribution >= 0.6 is 0 Å². The van der Waals surface area contributed by atoms with Crippen molar-refractivity contribution >= 4 is 43.6 Å². The minimum atomic E-state index is 0.596. The van der Waals surface area contributed by atoms with Crippen molar-refractivity contribution in [1.82, 2.24) is 24.1 Å². The molecule has 0 atom stereocenters. The summed E-state index contributed by atoms with van der Waals surface area (Å²) in [7, 11) is 0. The molecular formula is C69H45N5. The van der Waals surface area contributed by atoms with Gasteiger partial charge in [0.05, 0.1) is 27.8 Å². The zero-order valence-electron chi connectivity index (χ0n) is 40.2. The zero-order chi connectivity index (χ0) is 49.0. The number of hydrogen-bond donors (Lipinski definition) is 0. The molecule has 0 bridgehead atoms. The number of fused-ring (bicyclic) bond motifs is 6. The lowest BCUT2D eigenvalue weighted by Gasteiger charge is -2.21. The number of benzene rings is 11. The van der Waals surface area contributed by atoms with Gasteiger partial charge in [-0.2, -0.15) is 0 Å². The lowest BCUT2D eigenvalue weighted by molar-refractivity contribution is 1.07. The molecule has 0 saturated heterocycles. The van der Waals surface area contributed by atoms with Gasteiger partial charge in [-0.15, -0.1) is 0 Å². The lowest BCUT2D eigenvalue weighted by atomic mass is 9.92. The first-order valence-electron chi connectivity index (χ1n) is 25.1. The van der Waals surface area contributed by atoms with Crippen molar-refractivity contribution in [3.8, 4) is 90.0 Å². The van der Waals surface area contributed by atoms with Gasteiger partial charge >= 0.3 is 0 Å². The van der Waals surface area contributed by atoms with Crippen LogP contribution in [0.3, 0.4) is 0 Å². The van der Waals surface area contributed by atoms with Gasteiger partial charge in [-0.3, -0.25) is 0 Å². The molecule has 14 aromatic rings. The molecule has 0 unspecified atom stereocenters. The molecule has 0 aliphatic heterocycles. The van der Waals surface area contributed by atoms with Gasteiger partial charge in [0.2, 0.25) is 0 Å². The van der Waals surface area contributed by atoms with Crippen LogP contribution in [-0.2, 0) is 0 Å².